The van der Waals surface area contributed by atoms with E-state index < -0.39 is 10.0 Å². The number of carbonyl (C=O) groups is 1. The number of nitrogens with one attached hydrogen (secondary N) is 1. The van der Waals surface area contributed by atoms with Crippen LogP contribution in [0.2, 0.25) is 0 Å². The van der Waals surface area contributed by atoms with E-state index in [1.54, 1.807) is 30.0 Å². The van der Waals surface area contributed by atoms with Crippen LogP contribution in [0.5, 0.6) is 0 Å². The summed E-state index contributed by atoms with van der Waals surface area (Å²) in [5, 5.41) is 0. The number of ether oxygens (including phenoxy) is 1. The van der Waals surface area contributed by atoms with E-state index in [4.69, 9.17) is 4.74 Å². The topological polar surface area (TPSA) is 75.7 Å². The third-order valence-electron chi connectivity index (χ3n) is 4.38. The summed E-state index contributed by atoms with van der Waals surface area (Å²) in [6.45, 7) is 3.19. The normalized spacial score (nSPS) is 17.6. The van der Waals surface area contributed by atoms with Crippen molar-refractivity contribution in [3.63, 3.8) is 0 Å². The summed E-state index contributed by atoms with van der Waals surface area (Å²) in [5.74, 6) is -0.142. The van der Waals surface area contributed by atoms with Crippen LogP contribution < -0.4 is 4.72 Å². The molecule has 0 saturated carbocycles. The monoisotopic (exact) mass is 452 g/mol. The molecule has 0 bridgehead atoms. The van der Waals surface area contributed by atoms with Crippen molar-refractivity contribution in [2.24, 2.45) is 0 Å². The van der Waals surface area contributed by atoms with Gasteiger partial charge in [0.05, 0.1) is 25.1 Å². The molecule has 1 aliphatic heterocycles. The Kier molecular flexibility index (Phi) is 5.88. The van der Waals surface area contributed by atoms with Gasteiger partial charge in [-0.05, 0) is 42.3 Å². The molecular formula is C19H21BrN2O4S. The molecule has 27 heavy (non-hydrogen) atoms. The Morgan fingerprint density at radius 2 is 1.93 bits per heavy atom. The molecule has 2 aromatic carbocycles. The zero-order valence-electron chi connectivity index (χ0n) is 15.1. The Bertz CT molecular complexity index is 945. The molecule has 1 fully saturated rings. The molecule has 144 valence electrons. The van der Waals surface area contributed by atoms with Crippen molar-refractivity contribution in [1.82, 2.24) is 4.90 Å². The average Bonchev–Trinajstić information content (AvgIpc) is 2.62. The van der Waals surface area contributed by atoms with Crippen LogP contribution in [0.4, 0.5) is 5.69 Å². The van der Waals surface area contributed by atoms with E-state index in [0.29, 0.717) is 30.9 Å². The second-order valence-corrected chi connectivity index (χ2v) is 9.23. The smallest absolute Gasteiger partial charge is 0.254 e. The first-order chi connectivity index (χ1) is 12.7. The summed E-state index contributed by atoms with van der Waals surface area (Å²) in [6.07, 6.45) is 0.904. The van der Waals surface area contributed by atoms with Gasteiger partial charge in [-0.25, -0.2) is 8.42 Å². The molecule has 1 unspecified atom stereocenters. The average molecular weight is 453 g/mol. The fourth-order valence-electron chi connectivity index (χ4n) is 2.96. The molecule has 1 saturated heterocycles. The van der Waals surface area contributed by atoms with Crippen molar-refractivity contribution in [2.45, 2.75) is 13.0 Å². The van der Waals surface area contributed by atoms with Crippen molar-refractivity contribution in [2.75, 3.05) is 30.7 Å². The molecule has 8 heteroatoms. The minimum absolute atomic E-state index is 0.142. The number of aryl methyl sites for hydroxylation is 1. The summed E-state index contributed by atoms with van der Waals surface area (Å²) >= 11 is 3.41. The van der Waals surface area contributed by atoms with Gasteiger partial charge in [0.2, 0.25) is 10.0 Å². The number of benzene rings is 2. The van der Waals surface area contributed by atoms with E-state index >= 15 is 0 Å². The SMILES string of the molecule is Cc1ccc(C(=O)N2CCOC(c3ccc(Br)cc3)C2)cc1NS(C)(=O)=O. The maximum absolute atomic E-state index is 12.9. The maximum atomic E-state index is 12.9. The highest BCUT2D eigenvalue weighted by atomic mass is 79.9. The van der Waals surface area contributed by atoms with E-state index in [0.717, 1.165) is 21.9 Å². The van der Waals surface area contributed by atoms with Crippen LogP contribution in [0, 0.1) is 6.92 Å². The molecule has 1 aliphatic rings. The highest BCUT2D eigenvalue weighted by Gasteiger charge is 2.26. The Morgan fingerprint density at radius 1 is 1.22 bits per heavy atom. The number of morpholine rings is 1. The Morgan fingerprint density at radius 3 is 2.59 bits per heavy atom. The quantitative estimate of drug-likeness (QED) is 0.771. The molecule has 2 aromatic rings. The van der Waals surface area contributed by atoms with Gasteiger partial charge in [0, 0.05) is 16.6 Å². The molecule has 1 N–H and O–H groups in total. The first-order valence-electron chi connectivity index (χ1n) is 8.48. The van der Waals surface area contributed by atoms with Gasteiger partial charge in [-0.2, -0.15) is 0 Å². The van der Waals surface area contributed by atoms with Gasteiger partial charge in [-0.3, -0.25) is 9.52 Å². The van der Waals surface area contributed by atoms with Crippen molar-refractivity contribution in [3.05, 3.63) is 63.6 Å². The first kappa shape index (κ1) is 19.9. The third-order valence-corrected chi connectivity index (χ3v) is 5.49. The van der Waals surface area contributed by atoms with Crippen LogP contribution in [0.25, 0.3) is 0 Å². The largest absolute Gasteiger partial charge is 0.370 e. The van der Waals surface area contributed by atoms with E-state index in [1.165, 1.54) is 0 Å². The number of hydrogen-bond donors (Lipinski definition) is 1. The fraction of sp³-hybridized carbons (Fsp3) is 0.316. The van der Waals surface area contributed by atoms with Gasteiger partial charge >= 0.3 is 0 Å². The summed E-state index contributed by atoms with van der Waals surface area (Å²) < 4.78 is 32.3. The zero-order valence-corrected chi connectivity index (χ0v) is 17.5. The van der Waals surface area contributed by atoms with Gasteiger partial charge in [-0.15, -0.1) is 0 Å². The van der Waals surface area contributed by atoms with Gasteiger partial charge in [0.15, 0.2) is 0 Å². The van der Waals surface area contributed by atoms with Gasteiger partial charge in [0.25, 0.3) is 5.91 Å². The minimum atomic E-state index is -3.41. The van der Waals surface area contributed by atoms with Gasteiger partial charge in [0.1, 0.15) is 6.10 Å². The number of halogens is 1. The van der Waals surface area contributed by atoms with Crippen molar-refractivity contribution < 1.29 is 17.9 Å². The summed E-state index contributed by atoms with van der Waals surface area (Å²) in [4.78, 5) is 14.7. The molecule has 0 spiro atoms. The van der Waals surface area contributed by atoms with Crippen LogP contribution in [0.1, 0.15) is 27.6 Å². The van der Waals surface area contributed by atoms with Crippen molar-refractivity contribution >= 4 is 37.5 Å². The highest BCUT2D eigenvalue weighted by molar-refractivity contribution is 9.10. The molecule has 0 aromatic heterocycles. The van der Waals surface area contributed by atoms with Crippen LogP contribution in [0.3, 0.4) is 0 Å². The number of nitrogens with zero attached hydrogens (tertiary/aromatic N) is 1. The fourth-order valence-corrected chi connectivity index (χ4v) is 3.84. The molecule has 1 amide bonds. The van der Waals surface area contributed by atoms with Crippen LogP contribution in [0.15, 0.2) is 46.9 Å². The van der Waals surface area contributed by atoms with E-state index in [2.05, 4.69) is 20.7 Å². The predicted octanol–water partition coefficient (Wildman–Crippen LogP) is 3.34. The molecule has 3 rings (SSSR count). The highest BCUT2D eigenvalue weighted by Crippen LogP contribution is 2.26. The number of hydrogen-bond acceptors (Lipinski definition) is 4. The molecule has 6 nitrogen and oxygen atoms in total. The van der Waals surface area contributed by atoms with Gasteiger partial charge in [-0.1, -0.05) is 34.1 Å². The Labute approximate surface area is 167 Å². The van der Waals surface area contributed by atoms with E-state index in [1.807, 2.05) is 24.3 Å². The van der Waals surface area contributed by atoms with Crippen LogP contribution in [-0.2, 0) is 14.8 Å². The lowest BCUT2D eigenvalue weighted by atomic mass is 10.1. The lowest BCUT2D eigenvalue weighted by Crippen LogP contribution is -2.42. The predicted molar refractivity (Wildman–Crippen MR) is 108 cm³/mol. The third kappa shape index (κ3) is 5.09. The second-order valence-electron chi connectivity index (χ2n) is 6.57. The minimum Gasteiger partial charge on any atom is -0.370 e. The molecule has 0 radical (unpaired) electrons. The Balaban J connectivity index is 1.79. The lowest BCUT2D eigenvalue weighted by molar-refractivity contribution is -0.0228. The standard InChI is InChI=1S/C19H21BrN2O4S/c1-13-3-4-15(11-17(13)21-27(2,24)25)19(23)22-9-10-26-18(12-22)14-5-7-16(20)8-6-14/h3-8,11,18,21H,9-10,12H2,1-2H3. The second kappa shape index (κ2) is 8.00. The van der Waals surface area contributed by atoms with E-state index in [9.17, 15) is 13.2 Å². The van der Waals surface area contributed by atoms with E-state index in [-0.39, 0.29) is 12.0 Å². The lowest BCUT2D eigenvalue weighted by Gasteiger charge is -2.33. The maximum Gasteiger partial charge on any atom is 0.254 e. The number of rotatable bonds is 4. The van der Waals surface area contributed by atoms with Crippen LogP contribution >= 0.6 is 15.9 Å². The van der Waals surface area contributed by atoms with Gasteiger partial charge < -0.3 is 9.64 Å². The zero-order chi connectivity index (χ0) is 19.6. The summed E-state index contributed by atoms with van der Waals surface area (Å²) in [5.41, 5.74) is 2.63. The summed E-state index contributed by atoms with van der Waals surface area (Å²) in [7, 11) is -3.41. The Hall–Kier alpha value is -1.90. The number of carbonyl (C=O) groups excluding carboxylic acids is 1. The molecular weight excluding hydrogens is 432 g/mol. The van der Waals surface area contributed by atoms with Crippen molar-refractivity contribution in [1.29, 1.82) is 0 Å². The number of amides is 1. The molecule has 1 atom stereocenters. The summed E-state index contributed by atoms with van der Waals surface area (Å²) in [6, 6.07) is 12.9. The number of sulfonamides is 1. The molecule has 1 heterocycles. The first-order valence-corrected chi connectivity index (χ1v) is 11.2. The van der Waals surface area contributed by atoms with Crippen LogP contribution in [-0.4, -0.2) is 45.2 Å². The molecule has 0 aliphatic carbocycles. The van der Waals surface area contributed by atoms with Crippen molar-refractivity contribution in [3.8, 4) is 0 Å². The number of anilines is 1.